The molecule has 4 heteroatoms. The molecular formula is C17H19N3S. The lowest BCUT2D eigenvalue weighted by Crippen LogP contribution is -2.01. The molecule has 0 aromatic carbocycles. The second-order valence-electron chi connectivity index (χ2n) is 4.71. The highest BCUT2D eigenvalue weighted by atomic mass is 32.1. The Morgan fingerprint density at radius 1 is 1.33 bits per heavy atom. The smallest absolute Gasteiger partial charge is 0.156 e. The van der Waals surface area contributed by atoms with Crippen molar-refractivity contribution >= 4 is 23.8 Å². The van der Waals surface area contributed by atoms with Crippen LogP contribution in [-0.4, -0.2) is 9.97 Å². The lowest BCUT2D eigenvalue weighted by Gasteiger charge is -2.09. The van der Waals surface area contributed by atoms with Gasteiger partial charge in [-0.2, -0.15) is 12.6 Å². The Labute approximate surface area is 131 Å². The third kappa shape index (κ3) is 4.20. The Balaban J connectivity index is 2.39. The van der Waals surface area contributed by atoms with Crippen molar-refractivity contribution in [1.29, 1.82) is 0 Å². The third-order valence-corrected chi connectivity index (χ3v) is 3.41. The summed E-state index contributed by atoms with van der Waals surface area (Å²) >= 11 is 4.28. The topological polar surface area (TPSA) is 51.8 Å². The van der Waals surface area contributed by atoms with Crippen LogP contribution >= 0.6 is 12.6 Å². The van der Waals surface area contributed by atoms with E-state index in [-0.39, 0.29) is 0 Å². The molecule has 0 atom stereocenters. The molecule has 1 aliphatic rings. The molecule has 0 radical (unpaired) electrons. The molecule has 3 nitrogen and oxygen atoms in total. The van der Waals surface area contributed by atoms with Crippen LogP contribution in [0.15, 0.2) is 54.1 Å². The predicted molar refractivity (Wildman–Crippen MR) is 92.6 cm³/mol. The molecule has 0 unspecified atom stereocenters. The fourth-order valence-electron chi connectivity index (χ4n) is 2.04. The van der Waals surface area contributed by atoms with Crippen LogP contribution in [0.1, 0.15) is 30.1 Å². The molecule has 1 aromatic heterocycles. The average Bonchev–Trinajstić information content (AvgIpc) is 2.76. The molecule has 2 N–H and O–H groups in total. The molecular weight excluding hydrogens is 278 g/mol. The predicted octanol–water partition coefficient (Wildman–Crippen LogP) is 3.82. The van der Waals surface area contributed by atoms with E-state index in [4.69, 9.17) is 5.73 Å². The molecule has 0 fully saturated rings. The highest BCUT2D eigenvalue weighted by molar-refractivity contribution is 7.83. The zero-order chi connectivity index (χ0) is 15.1. The maximum atomic E-state index is 5.41. The summed E-state index contributed by atoms with van der Waals surface area (Å²) in [5.74, 6) is 0.769. The molecule has 0 bridgehead atoms. The van der Waals surface area contributed by atoms with Crippen LogP contribution in [0, 0.1) is 6.92 Å². The summed E-state index contributed by atoms with van der Waals surface area (Å²) < 4.78 is 0. The van der Waals surface area contributed by atoms with Crippen LogP contribution in [0.4, 0.5) is 0 Å². The Morgan fingerprint density at radius 2 is 2.19 bits per heavy atom. The summed E-state index contributed by atoms with van der Waals surface area (Å²) in [5, 5.41) is 1.77. The summed E-state index contributed by atoms with van der Waals surface area (Å²) in [6.45, 7) is 1.98. The molecule has 0 aliphatic heterocycles. The van der Waals surface area contributed by atoms with Crippen LogP contribution in [0.2, 0.25) is 0 Å². The van der Waals surface area contributed by atoms with Crippen molar-refractivity contribution in [3.05, 3.63) is 71.3 Å². The maximum absolute atomic E-state index is 5.41. The number of nitrogens with zero attached hydrogens (tertiary/aromatic N) is 2. The Kier molecular flexibility index (Phi) is 5.58. The second kappa shape index (κ2) is 7.64. The molecule has 21 heavy (non-hydrogen) atoms. The first-order valence-electron chi connectivity index (χ1n) is 6.83. The lowest BCUT2D eigenvalue weighted by molar-refractivity contribution is 1.03. The Bertz CT molecular complexity index is 652. The summed E-state index contributed by atoms with van der Waals surface area (Å²) in [6, 6.07) is 1.97. The highest BCUT2D eigenvalue weighted by Crippen LogP contribution is 2.23. The minimum Gasteiger partial charge on any atom is -0.405 e. The first kappa shape index (κ1) is 15.3. The van der Waals surface area contributed by atoms with Gasteiger partial charge in [0.15, 0.2) is 5.82 Å². The lowest BCUT2D eigenvalue weighted by atomic mass is 10.1. The minimum atomic E-state index is 0.703. The van der Waals surface area contributed by atoms with Gasteiger partial charge in [0.1, 0.15) is 0 Å². The van der Waals surface area contributed by atoms with Crippen molar-refractivity contribution in [2.45, 2.75) is 19.8 Å². The van der Waals surface area contributed by atoms with Crippen LogP contribution in [0.3, 0.4) is 0 Å². The van der Waals surface area contributed by atoms with Crippen LogP contribution < -0.4 is 5.73 Å². The van der Waals surface area contributed by atoms with Crippen molar-refractivity contribution in [3.8, 4) is 0 Å². The number of aryl methyl sites for hydroxylation is 1. The Morgan fingerprint density at radius 3 is 2.95 bits per heavy atom. The van der Waals surface area contributed by atoms with Gasteiger partial charge in [-0.3, -0.25) is 0 Å². The molecule has 108 valence electrons. The normalized spacial score (nSPS) is 15.3. The van der Waals surface area contributed by atoms with E-state index in [1.54, 1.807) is 5.41 Å². The number of thiol groups is 1. The minimum absolute atomic E-state index is 0.703. The van der Waals surface area contributed by atoms with Crippen molar-refractivity contribution in [2.75, 3.05) is 0 Å². The fourth-order valence-corrected chi connectivity index (χ4v) is 2.28. The van der Waals surface area contributed by atoms with E-state index >= 15 is 0 Å². The largest absolute Gasteiger partial charge is 0.405 e. The third-order valence-electron chi connectivity index (χ3n) is 3.09. The fraction of sp³-hybridized carbons (Fsp3) is 0.176. The molecule has 0 saturated carbocycles. The van der Waals surface area contributed by atoms with Crippen molar-refractivity contribution in [1.82, 2.24) is 9.97 Å². The van der Waals surface area contributed by atoms with Crippen LogP contribution in [-0.2, 0) is 0 Å². The molecule has 0 saturated heterocycles. The van der Waals surface area contributed by atoms with E-state index in [9.17, 15) is 0 Å². The molecule has 2 rings (SSSR count). The van der Waals surface area contributed by atoms with E-state index in [0.29, 0.717) is 6.42 Å². The van der Waals surface area contributed by atoms with Gasteiger partial charge in [-0.05, 0) is 43.0 Å². The van der Waals surface area contributed by atoms with E-state index in [1.807, 2.05) is 37.3 Å². The van der Waals surface area contributed by atoms with Crippen molar-refractivity contribution in [2.24, 2.45) is 5.73 Å². The maximum Gasteiger partial charge on any atom is 0.156 e. The Hall–Kier alpha value is -2.07. The van der Waals surface area contributed by atoms with E-state index < -0.39 is 0 Å². The van der Waals surface area contributed by atoms with Gasteiger partial charge >= 0.3 is 0 Å². The van der Waals surface area contributed by atoms with E-state index in [0.717, 1.165) is 34.8 Å². The van der Waals surface area contributed by atoms with Crippen LogP contribution in [0.5, 0.6) is 0 Å². The summed E-state index contributed by atoms with van der Waals surface area (Å²) in [5.41, 5.74) is 9.38. The molecule has 0 spiro atoms. The van der Waals surface area contributed by atoms with Gasteiger partial charge in [0.05, 0.1) is 5.69 Å². The SMILES string of the molecule is Cc1cc(/C(=C/S)C/C=C/N)nc(C2=CC=CC=CC2)n1. The number of rotatable bonds is 4. The highest BCUT2D eigenvalue weighted by Gasteiger charge is 2.09. The molecule has 1 aromatic rings. The number of aromatic nitrogens is 2. The average molecular weight is 297 g/mol. The van der Waals surface area contributed by atoms with Gasteiger partial charge in [0.25, 0.3) is 0 Å². The zero-order valence-electron chi connectivity index (χ0n) is 12.0. The quantitative estimate of drug-likeness (QED) is 0.831. The second-order valence-corrected chi connectivity index (χ2v) is 4.97. The van der Waals surface area contributed by atoms with Gasteiger partial charge in [-0.25, -0.2) is 9.97 Å². The molecule has 0 amide bonds. The first-order chi connectivity index (χ1) is 10.2. The van der Waals surface area contributed by atoms with E-state index in [1.165, 1.54) is 6.20 Å². The molecule has 1 heterocycles. The van der Waals surface area contributed by atoms with Gasteiger partial charge < -0.3 is 5.73 Å². The summed E-state index contributed by atoms with van der Waals surface area (Å²) in [7, 11) is 0. The zero-order valence-corrected chi connectivity index (χ0v) is 12.9. The van der Waals surface area contributed by atoms with E-state index in [2.05, 4.69) is 34.7 Å². The number of nitrogens with two attached hydrogens (primary N) is 1. The standard InChI is InChI=1S/C17H19N3S/c1-13-11-16(15(12-21)9-6-10-18)20-17(19-13)14-7-4-2-3-5-8-14/h2-7,10-12,21H,8-9,18H2,1H3/b10-6+,15-12+. The summed E-state index contributed by atoms with van der Waals surface area (Å²) in [6.07, 6.45) is 15.2. The monoisotopic (exact) mass is 297 g/mol. The van der Waals surface area contributed by atoms with Gasteiger partial charge in [0.2, 0.25) is 0 Å². The summed E-state index contributed by atoms with van der Waals surface area (Å²) in [4.78, 5) is 9.24. The number of hydrogen-bond acceptors (Lipinski definition) is 4. The van der Waals surface area contributed by atoms with Crippen molar-refractivity contribution in [3.63, 3.8) is 0 Å². The van der Waals surface area contributed by atoms with Gasteiger partial charge in [-0.15, -0.1) is 0 Å². The number of allylic oxidation sites excluding steroid dienone is 8. The van der Waals surface area contributed by atoms with Gasteiger partial charge in [-0.1, -0.05) is 36.5 Å². The molecule has 1 aliphatic carbocycles. The van der Waals surface area contributed by atoms with Gasteiger partial charge in [0, 0.05) is 11.3 Å². The number of hydrogen-bond donors (Lipinski definition) is 2. The first-order valence-corrected chi connectivity index (χ1v) is 7.35. The van der Waals surface area contributed by atoms with Crippen molar-refractivity contribution < 1.29 is 0 Å². The van der Waals surface area contributed by atoms with Crippen LogP contribution in [0.25, 0.3) is 11.1 Å².